The third-order valence-corrected chi connectivity index (χ3v) is 1.26. The zero-order chi connectivity index (χ0) is 15.5. The molecule has 10 nitrogen and oxygen atoms in total. The minimum absolute atomic E-state index is 0.0600. The van der Waals surface area contributed by atoms with Gasteiger partial charge in [0, 0.05) is 22.9 Å². The molecular weight excluding hydrogens is 597 g/mol. The summed E-state index contributed by atoms with van der Waals surface area (Å²) >= 11 is 5.30. The second kappa shape index (κ2) is 23.7. The van der Waals surface area contributed by atoms with Crippen molar-refractivity contribution in [2.24, 2.45) is 21.7 Å². The van der Waals surface area contributed by atoms with Crippen molar-refractivity contribution in [3.05, 3.63) is 20.9 Å². The normalized spacial score (nSPS) is 10.1. The van der Waals surface area contributed by atoms with Crippen molar-refractivity contribution in [2.75, 3.05) is 26.2 Å². The van der Waals surface area contributed by atoms with Gasteiger partial charge in [-0.15, -0.1) is 0 Å². The number of nitrogens with two attached hydrogens (primary N) is 2. The van der Waals surface area contributed by atoms with Crippen LogP contribution >= 0.6 is 37.2 Å². The standard InChI is InChI=1S/C3H6N6O.C3H10N2O.I3/c4-8-6-1-3(10)2-7-9-5;4-1-3(6)2-5;1-3-2/h3,10H,1-2H2;3,6H,1-2,4-5H2;/q;;-1. The summed E-state index contributed by atoms with van der Waals surface area (Å²) in [6.45, 7) is 0.401. The van der Waals surface area contributed by atoms with Crippen LogP contribution in [0, 0.1) is 0 Å². The topological polar surface area (TPSA) is 190 Å². The van der Waals surface area contributed by atoms with Crippen molar-refractivity contribution in [1.29, 1.82) is 0 Å². The van der Waals surface area contributed by atoms with Crippen LogP contribution in [0.5, 0.6) is 0 Å². The molecule has 0 aromatic heterocycles. The largest absolute Gasteiger partial charge is 0.393 e. The molecule has 0 bridgehead atoms. The summed E-state index contributed by atoms with van der Waals surface area (Å²) in [5, 5.41) is 23.3. The minimum Gasteiger partial charge on any atom is -0.393 e. The molecule has 6 N–H and O–H groups in total. The summed E-state index contributed by atoms with van der Waals surface area (Å²) in [7, 11) is 0. The molecule has 0 aliphatic carbocycles. The molecule has 0 saturated carbocycles. The van der Waals surface area contributed by atoms with Crippen LogP contribution in [0.4, 0.5) is 0 Å². The molecule has 0 amide bonds. The van der Waals surface area contributed by atoms with Crippen molar-refractivity contribution in [1.82, 2.24) is 0 Å². The number of aliphatic hydroxyl groups is 2. The monoisotopic (exact) mass is 613 g/mol. The summed E-state index contributed by atoms with van der Waals surface area (Å²) in [5.74, 6) is 0. The van der Waals surface area contributed by atoms with Crippen LogP contribution in [-0.4, -0.2) is 48.6 Å². The number of rotatable bonds is 6. The van der Waals surface area contributed by atoms with Crippen LogP contribution in [-0.2, 0) is 0 Å². The molecule has 0 fully saturated rings. The Kier molecular flexibility index (Phi) is 30.8. The molecule has 0 aromatic carbocycles. The predicted octanol–water partition coefficient (Wildman–Crippen LogP) is -1.99. The molecule has 114 valence electrons. The summed E-state index contributed by atoms with van der Waals surface area (Å²) in [4.78, 5) is 4.83. The van der Waals surface area contributed by atoms with Gasteiger partial charge in [-0.1, -0.05) is 10.2 Å². The SMILES string of the molecule is I[I-]I.NCC(O)CN.[N-]=[N+]=NCC(O)CN=[N+]=[N-]. The van der Waals surface area contributed by atoms with Gasteiger partial charge in [0.1, 0.15) is 0 Å². The van der Waals surface area contributed by atoms with E-state index < -0.39 is 12.2 Å². The number of aliphatic hydroxyl groups excluding tert-OH is 2. The molecule has 0 aliphatic heterocycles. The molecule has 0 unspecified atom stereocenters. The van der Waals surface area contributed by atoms with E-state index in [1.54, 1.807) is 0 Å². The van der Waals surface area contributed by atoms with Crippen LogP contribution < -0.4 is 24.7 Å². The van der Waals surface area contributed by atoms with E-state index in [0.717, 1.165) is 0 Å². The van der Waals surface area contributed by atoms with Gasteiger partial charge in [-0.25, -0.2) is 0 Å². The Balaban J connectivity index is -0.000000242. The molecule has 0 rings (SSSR count). The third kappa shape index (κ3) is 32.3. The molecule has 19 heavy (non-hydrogen) atoms. The first-order valence-corrected chi connectivity index (χ1v) is 17.3. The fourth-order valence-corrected chi connectivity index (χ4v) is 0.415. The first-order valence-electron chi connectivity index (χ1n) is 4.68. The van der Waals surface area contributed by atoms with Gasteiger partial charge in [0.25, 0.3) is 0 Å². The maximum Gasteiger partial charge on any atom is 0.0784 e. The van der Waals surface area contributed by atoms with Crippen LogP contribution in [0.15, 0.2) is 10.2 Å². The minimum atomic E-state index is -0.869. The molecule has 13 heteroatoms. The van der Waals surface area contributed by atoms with Gasteiger partial charge >= 0.3 is 50.5 Å². The first-order chi connectivity index (χ1) is 9.03. The van der Waals surface area contributed by atoms with Crippen LogP contribution in [0.2, 0.25) is 0 Å². The van der Waals surface area contributed by atoms with Crippen molar-refractivity contribution in [3.8, 4) is 0 Å². The fourth-order valence-electron chi connectivity index (χ4n) is 0.415. The molecule has 0 atom stereocenters. The molecule has 0 aliphatic rings. The van der Waals surface area contributed by atoms with Crippen molar-refractivity contribution < 1.29 is 23.5 Å². The Morgan fingerprint density at radius 3 is 1.47 bits per heavy atom. The Morgan fingerprint density at radius 1 is 1.00 bits per heavy atom. The van der Waals surface area contributed by atoms with E-state index >= 15 is 0 Å². The van der Waals surface area contributed by atoms with Gasteiger partial charge in [0.05, 0.1) is 25.3 Å². The molecule has 0 radical (unpaired) electrons. The van der Waals surface area contributed by atoms with Gasteiger partial charge in [-0.2, -0.15) is 0 Å². The summed E-state index contributed by atoms with van der Waals surface area (Å²) in [6.07, 6.45) is -1.38. The molecule has 0 heterocycles. The van der Waals surface area contributed by atoms with Crippen molar-refractivity contribution in [3.63, 3.8) is 0 Å². The Morgan fingerprint density at radius 2 is 1.32 bits per heavy atom. The number of halogens is 3. The van der Waals surface area contributed by atoms with E-state index in [-0.39, 0.29) is 26.2 Å². The van der Waals surface area contributed by atoms with Gasteiger partial charge in [0.15, 0.2) is 0 Å². The van der Waals surface area contributed by atoms with E-state index in [1.165, 1.54) is 0 Å². The molecule has 0 saturated heterocycles. The van der Waals surface area contributed by atoms with E-state index in [0.29, 0.717) is 13.3 Å². The van der Waals surface area contributed by atoms with Crippen LogP contribution in [0.3, 0.4) is 0 Å². The second-order valence-electron chi connectivity index (χ2n) is 2.66. The van der Waals surface area contributed by atoms with Crippen LogP contribution in [0.25, 0.3) is 20.9 Å². The Bertz CT molecular complexity index is 247. The number of azide groups is 2. The Hall–Kier alpha value is 0.650. The van der Waals surface area contributed by atoms with Gasteiger partial charge in [-0.05, 0) is 11.1 Å². The van der Waals surface area contributed by atoms with Gasteiger partial charge in [-0.3, -0.25) is 0 Å². The molecule has 0 spiro atoms. The second-order valence-corrected chi connectivity index (χ2v) is 18.9. The van der Waals surface area contributed by atoms with Crippen LogP contribution in [0.1, 0.15) is 0 Å². The zero-order valence-electron chi connectivity index (χ0n) is 9.85. The average Bonchev–Trinajstić information content (AvgIpc) is 2.43. The molecule has 0 aromatic rings. The zero-order valence-corrected chi connectivity index (χ0v) is 16.3. The maximum atomic E-state index is 8.78. The predicted molar refractivity (Wildman–Crippen MR) is 86.2 cm³/mol. The summed E-state index contributed by atoms with van der Waals surface area (Å²) in [5.41, 5.74) is 25.5. The van der Waals surface area contributed by atoms with E-state index in [9.17, 15) is 0 Å². The summed E-state index contributed by atoms with van der Waals surface area (Å²) < 4.78 is 0. The summed E-state index contributed by atoms with van der Waals surface area (Å²) in [6, 6.07) is 0. The van der Waals surface area contributed by atoms with Gasteiger partial charge < -0.3 is 21.7 Å². The van der Waals surface area contributed by atoms with Crippen molar-refractivity contribution >= 4 is 37.2 Å². The van der Waals surface area contributed by atoms with E-state index in [2.05, 4.69) is 57.3 Å². The third-order valence-electron chi connectivity index (χ3n) is 1.26. The smallest absolute Gasteiger partial charge is 0.0784 e. The van der Waals surface area contributed by atoms with Gasteiger partial charge in [0.2, 0.25) is 0 Å². The Labute approximate surface area is 140 Å². The van der Waals surface area contributed by atoms with E-state index in [1.807, 2.05) is 0 Å². The number of hydrogen-bond acceptors (Lipinski definition) is 6. The average molecular weight is 613 g/mol. The maximum absolute atomic E-state index is 8.78. The number of hydrogen-bond donors (Lipinski definition) is 4. The quantitative estimate of drug-likeness (QED) is 0.117. The first kappa shape index (κ1) is 24.7. The number of nitrogens with zero attached hydrogens (tertiary/aromatic N) is 6. The van der Waals surface area contributed by atoms with Crippen molar-refractivity contribution in [2.45, 2.75) is 12.2 Å². The van der Waals surface area contributed by atoms with E-state index in [4.69, 9.17) is 32.7 Å². The fraction of sp³-hybridized carbons (Fsp3) is 1.00. The molecular formula is C6H16I3N8O2-.